The van der Waals surface area contributed by atoms with Crippen molar-refractivity contribution < 1.29 is 27.4 Å². The molecule has 0 aromatic heterocycles. The number of hydrogen-bond acceptors (Lipinski definition) is 6. The molecule has 9 heteroatoms. The summed E-state index contributed by atoms with van der Waals surface area (Å²) in [4.78, 5) is 12.9. The summed E-state index contributed by atoms with van der Waals surface area (Å²) in [5, 5.41) is 2.98. The number of benzene rings is 2. The van der Waals surface area contributed by atoms with Gasteiger partial charge in [-0.05, 0) is 48.7 Å². The second-order valence-corrected chi connectivity index (χ2v) is 9.47. The highest BCUT2D eigenvalue weighted by molar-refractivity contribution is 7.89. The number of sulfonamides is 1. The minimum atomic E-state index is -3.79. The fraction of sp³-hybridized carbons (Fsp3) is 0.348. The minimum Gasteiger partial charge on any atom is -0.454 e. The molecule has 0 bridgehead atoms. The van der Waals surface area contributed by atoms with E-state index in [0.717, 1.165) is 18.4 Å². The van der Waals surface area contributed by atoms with Crippen molar-refractivity contribution in [1.29, 1.82) is 0 Å². The number of ether oxygens (including phenoxy) is 3. The van der Waals surface area contributed by atoms with E-state index in [1.807, 2.05) is 18.2 Å². The van der Waals surface area contributed by atoms with Gasteiger partial charge in [0.25, 0.3) is 5.91 Å². The van der Waals surface area contributed by atoms with E-state index in [1.54, 1.807) is 6.07 Å². The number of rotatable bonds is 7. The van der Waals surface area contributed by atoms with Crippen molar-refractivity contribution in [1.82, 2.24) is 10.0 Å². The van der Waals surface area contributed by atoms with Crippen LogP contribution in [-0.2, 0) is 20.2 Å². The molecule has 2 aliphatic heterocycles. The van der Waals surface area contributed by atoms with Crippen LogP contribution in [0.15, 0.2) is 47.4 Å². The normalized spacial score (nSPS) is 16.8. The van der Waals surface area contributed by atoms with Crippen molar-refractivity contribution in [2.45, 2.75) is 23.2 Å². The molecule has 32 heavy (non-hydrogen) atoms. The molecule has 2 N–H and O–H groups in total. The van der Waals surface area contributed by atoms with Crippen LogP contribution in [0.5, 0.6) is 11.5 Å². The molecule has 0 saturated carbocycles. The van der Waals surface area contributed by atoms with Crippen molar-refractivity contribution in [2.75, 3.05) is 33.1 Å². The Bertz CT molecular complexity index is 1150. The molecule has 0 radical (unpaired) electrons. The Morgan fingerprint density at radius 3 is 2.66 bits per heavy atom. The first kappa shape index (κ1) is 22.1. The molecule has 0 aliphatic carbocycles. The number of carbonyl (C=O) groups excluding carboxylic acids is 1. The molecule has 0 atom stereocenters. The van der Waals surface area contributed by atoms with Crippen molar-refractivity contribution in [3.63, 3.8) is 0 Å². The number of hydrogen-bond donors (Lipinski definition) is 2. The highest BCUT2D eigenvalue weighted by atomic mass is 32.2. The van der Waals surface area contributed by atoms with Crippen LogP contribution in [0.1, 0.15) is 28.8 Å². The van der Waals surface area contributed by atoms with Gasteiger partial charge in [0.05, 0.1) is 11.4 Å². The van der Waals surface area contributed by atoms with Gasteiger partial charge >= 0.3 is 0 Å². The van der Waals surface area contributed by atoms with Gasteiger partial charge in [0, 0.05) is 30.7 Å². The Morgan fingerprint density at radius 2 is 1.88 bits per heavy atom. The molecular weight excluding hydrogens is 432 g/mol. The van der Waals surface area contributed by atoms with Gasteiger partial charge in [-0.25, -0.2) is 8.42 Å². The number of carbonyl (C=O) groups is 1. The zero-order valence-electron chi connectivity index (χ0n) is 17.4. The molecule has 4 rings (SSSR count). The van der Waals surface area contributed by atoms with Gasteiger partial charge in [-0.15, -0.1) is 6.42 Å². The summed E-state index contributed by atoms with van der Waals surface area (Å²) in [6, 6.07) is 11.7. The Morgan fingerprint density at radius 1 is 1.09 bits per heavy atom. The Labute approximate surface area is 187 Å². The van der Waals surface area contributed by atoms with Crippen LogP contribution in [-0.4, -0.2) is 47.4 Å². The van der Waals surface area contributed by atoms with Crippen LogP contribution >= 0.6 is 0 Å². The molecule has 0 spiro atoms. The molecule has 2 heterocycles. The highest BCUT2D eigenvalue weighted by Gasteiger charge is 2.36. The first-order valence-corrected chi connectivity index (χ1v) is 11.7. The van der Waals surface area contributed by atoms with Crippen LogP contribution in [0.2, 0.25) is 0 Å². The van der Waals surface area contributed by atoms with Crippen molar-refractivity contribution >= 4 is 15.9 Å². The van der Waals surface area contributed by atoms with Crippen LogP contribution < -0.4 is 19.5 Å². The van der Waals surface area contributed by atoms with Crippen LogP contribution in [0.3, 0.4) is 0 Å². The molecule has 1 amide bonds. The smallest absolute Gasteiger partial charge is 0.251 e. The summed E-state index contributed by atoms with van der Waals surface area (Å²) < 4.78 is 43.4. The molecule has 2 aromatic rings. The molecule has 1 fully saturated rings. The van der Waals surface area contributed by atoms with Crippen LogP contribution in [0.25, 0.3) is 0 Å². The van der Waals surface area contributed by atoms with Crippen molar-refractivity contribution in [2.24, 2.45) is 0 Å². The maximum absolute atomic E-state index is 12.9. The average Bonchev–Trinajstić information content (AvgIpc) is 3.30. The van der Waals surface area contributed by atoms with Gasteiger partial charge in [-0.2, -0.15) is 4.72 Å². The van der Waals surface area contributed by atoms with Gasteiger partial charge in [-0.3, -0.25) is 4.79 Å². The van der Waals surface area contributed by atoms with E-state index in [2.05, 4.69) is 16.0 Å². The summed E-state index contributed by atoms with van der Waals surface area (Å²) >= 11 is 0. The first-order chi connectivity index (χ1) is 15.4. The molecular formula is C23H24N2O6S. The van der Waals surface area contributed by atoms with Crippen molar-refractivity contribution in [3.05, 3.63) is 53.6 Å². The maximum atomic E-state index is 12.9. The maximum Gasteiger partial charge on any atom is 0.251 e. The fourth-order valence-electron chi connectivity index (χ4n) is 3.93. The van der Waals surface area contributed by atoms with E-state index in [-0.39, 0.29) is 35.1 Å². The van der Waals surface area contributed by atoms with E-state index < -0.39 is 10.0 Å². The summed E-state index contributed by atoms with van der Waals surface area (Å²) in [5.41, 5.74) is 0.967. The summed E-state index contributed by atoms with van der Waals surface area (Å²) in [6.45, 7) is 1.61. The second kappa shape index (κ2) is 9.20. The second-order valence-electron chi connectivity index (χ2n) is 7.70. The highest BCUT2D eigenvalue weighted by Crippen LogP contribution is 2.40. The third-order valence-corrected chi connectivity index (χ3v) is 7.19. The van der Waals surface area contributed by atoms with E-state index >= 15 is 0 Å². The molecule has 168 valence electrons. The zero-order chi connectivity index (χ0) is 22.6. The van der Waals surface area contributed by atoms with Gasteiger partial charge in [0.2, 0.25) is 16.8 Å². The fourth-order valence-corrected chi connectivity index (χ4v) is 4.91. The topological polar surface area (TPSA) is 103 Å². The lowest BCUT2D eigenvalue weighted by atomic mass is 9.74. The summed E-state index contributed by atoms with van der Waals surface area (Å²) in [7, 11) is -3.79. The molecule has 0 unspecified atom stereocenters. The molecule has 2 aliphatic rings. The quantitative estimate of drug-likeness (QED) is 0.616. The van der Waals surface area contributed by atoms with Crippen molar-refractivity contribution in [3.8, 4) is 23.8 Å². The lowest BCUT2D eigenvalue weighted by Gasteiger charge is -2.38. The predicted octanol–water partition coefficient (Wildman–Crippen LogP) is 1.80. The van der Waals surface area contributed by atoms with Gasteiger partial charge < -0.3 is 19.5 Å². The summed E-state index contributed by atoms with van der Waals surface area (Å²) in [5.74, 6) is 3.27. The largest absolute Gasteiger partial charge is 0.454 e. The molecule has 2 aromatic carbocycles. The van der Waals surface area contributed by atoms with E-state index in [4.69, 9.17) is 20.6 Å². The first-order valence-electron chi connectivity index (χ1n) is 10.2. The van der Waals surface area contributed by atoms with Gasteiger partial charge in [-0.1, -0.05) is 18.1 Å². The molecule has 8 nitrogen and oxygen atoms in total. The number of terminal acetylenes is 1. The number of amides is 1. The van der Waals surface area contributed by atoms with Crippen LogP contribution in [0.4, 0.5) is 0 Å². The average molecular weight is 457 g/mol. The number of nitrogens with one attached hydrogen (secondary N) is 2. The third-order valence-electron chi connectivity index (χ3n) is 5.79. The van der Waals surface area contributed by atoms with E-state index in [9.17, 15) is 13.2 Å². The van der Waals surface area contributed by atoms with Crippen LogP contribution in [0, 0.1) is 12.3 Å². The Balaban J connectivity index is 1.53. The SMILES string of the molecule is C#CCNS(=O)(=O)c1cccc(C(=O)NCC2(c3ccc4c(c3)OCO4)CCOCC2)c1. The predicted molar refractivity (Wildman–Crippen MR) is 117 cm³/mol. The third kappa shape index (κ3) is 4.58. The van der Waals surface area contributed by atoms with Gasteiger partial charge in [0.15, 0.2) is 11.5 Å². The standard InChI is InChI=1S/C23H24N2O6S/c1-2-10-25-32(27,28)19-5-3-4-17(13-19)22(26)24-15-23(8-11-29-12-9-23)18-6-7-20-21(14-18)31-16-30-20/h1,3-7,13-14,25H,8-12,15-16H2,(H,24,26). The van der Waals surface area contributed by atoms with E-state index in [1.165, 1.54) is 18.2 Å². The lowest BCUT2D eigenvalue weighted by Crippen LogP contribution is -2.44. The Kier molecular flexibility index (Phi) is 6.37. The number of fused-ring (bicyclic) bond motifs is 1. The Hall–Kier alpha value is -3.06. The van der Waals surface area contributed by atoms with Gasteiger partial charge in [0.1, 0.15) is 0 Å². The minimum absolute atomic E-state index is 0.0167. The summed E-state index contributed by atoms with van der Waals surface area (Å²) in [6.07, 6.45) is 6.59. The lowest BCUT2D eigenvalue weighted by molar-refractivity contribution is 0.0486. The van der Waals surface area contributed by atoms with E-state index in [0.29, 0.717) is 31.3 Å². The molecule has 1 saturated heterocycles. The zero-order valence-corrected chi connectivity index (χ0v) is 18.2. The monoisotopic (exact) mass is 456 g/mol.